The molecule has 0 radical (unpaired) electrons. The van der Waals surface area contributed by atoms with Crippen LogP contribution in [-0.4, -0.2) is 29.3 Å². The molecule has 1 saturated heterocycles. The Hall–Kier alpha value is -1.92. The molecule has 1 heterocycles. The van der Waals surface area contributed by atoms with Crippen molar-refractivity contribution in [1.29, 1.82) is 0 Å². The van der Waals surface area contributed by atoms with Crippen molar-refractivity contribution in [3.8, 4) is 0 Å². The van der Waals surface area contributed by atoms with E-state index in [4.69, 9.17) is 16.4 Å². The molecule has 1 aromatic carbocycles. The molecule has 1 aliphatic heterocycles. The molecular formula is C13H13ClN2O4. The summed E-state index contributed by atoms with van der Waals surface area (Å²) >= 11 is 5.76. The van der Waals surface area contributed by atoms with Gasteiger partial charge in [-0.15, -0.1) is 0 Å². The minimum Gasteiger partial charge on any atom is -0.299 e. The van der Waals surface area contributed by atoms with Gasteiger partial charge < -0.3 is 0 Å². The van der Waals surface area contributed by atoms with E-state index in [2.05, 4.69) is 5.32 Å². The first-order valence-corrected chi connectivity index (χ1v) is 6.35. The SMILES string of the molecule is CC(=O)C1CN(OCc2ccc(Cl)cc2)C(=O)NC1=O. The van der Waals surface area contributed by atoms with E-state index in [0.29, 0.717) is 5.02 Å². The van der Waals surface area contributed by atoms with Gasteiger partial charge >= 0.3 is 6.03 Å². The zero-order chi connectivity index (χ0) is 14.7. The number of Topliss-reactive ketones (excluding diaryl/α,β-unsaturated/α-hetero) is 1. The molecule has 1 fully saturated rings. The maximum atomic E-state index is 11.6. The molecule has 1 aliphatic rings. The minimum atomic E-state index is -0.891. The van der Waals surface area contributed by atoms with Crippen molar-refractivity contribution in [2.24, 2.45) is 5.92 Å². The Labute approximate surface area is 120 Å². The molecule has 2 rings (SSSR count). The molecule has 1 N–H and O–H groups in total. The van der Waals surface area contributed by atoms with Crippen LogP contribution in [0.3, 0.4) is 0 Å². The molecule has 1 atom stereocenters. The third-order valence-corrected chi connectivity index (χ3v) is 3.16. The fourth-order valence-corrected chi connectivity index (χ4v) is 1.87. The monoisotopic (exact) mass is 296 g/mol. The average molecular weight is 297 g/mol. The molecule has 0 saturated carbocycles. The Balaban J connectivity index is 1.97. The van der Waals surface area contributed by atoms with Gasteiger partial charge in [0, 0.05) is 5.02 Å². The first kappa shape index (κ1) is 14.5. The van der Waals surface area contributed by atoms with Crippen molar-refractivity contribution in [2.75, 3.05) is 6.54 Å². The maximum Gasteiger partial charge on any atom is 0.348 e. The topological polar surface area (TPSA) is 75.7 Å². The van der Waals surface area contributed by atoms with Crippen LogP contribution in [0.1, 0.15) is 12.5 Å². The second-order valence-corrected chi connectivity index (χ2v) is 4.86. The molecule has 0 aromatic heterocycles. The second-order valence-electron chi connectivity index (χ2n) is 4.42. The van der Waals surface area contributed by atoms with Crippen LogP contribution in [0.15, 0.2) is 24.3 Å². The van der Waals surface area contributed by atoms with Gasteiger partial charge in [-0.2, -0.15) is 0 Å². The highest BCUT2D eigenvalue weighted by Crippen LogP contribution is 2.14. The molecule has 1 unspecified atom stereocenters. The molecule has 0 aliphatic carbocycles. The number of hydroxylamine groups is 2. The summed E-state index contributed by atoms with van der Waals surface area (Å²) in [5.74, 6) is -1.79. The molecule has 20 heavy (non-hydrogen) atoms. The number of carbonyl (C=O) groups excluding carboxylic acids is 3. The van der Waals surface area contributed by atoms with Crippen LogP contribution in [-0.2, 0) is 21.0 Å². The minimum absolute atomic E-state index is 0.0758. The number of halogens is 1. The standard InChI is InChI=1S/C13H13ClN2O4/c1-8(17)11-6-16(13(19)15-12(11)18)20-7-9-2-4-10(14)5-3-9/h2-5,11H,6-7H2,1H3,(H,15,18,19). The van der Waals surface area contributed by atoms with Crippen LogP contribution < -0.4 is 5.32 Å². The number of carbonyl (C=O) groups is 3. The van der Waals surface area contributed by atoms with E-state index >= 15 is 0 Å². The van der Waals surface area contributed by atoms with Crippen LogP contribution in [0.4, 0.5) is 4.79 Å². The quantitative estimate of drug-likeness (QED) is 0.855. The van der Waals surface area contributed by atoms with Crippen LogP contribution in [0, 0.1) is 5.92 Å². The van der Waals surface area contributed by atoms with Gasteiger partial charge in [-0.1, -0.05) is 23.7 Å². The van der Waals surface area contributed by atoms with Crippen molar-refractivity contribution in [1.82, 2.24) is 10.4 Å². The Bertz CT molecular complexity index is 544. The zero-order valence-corrected chi connectivity index (χ0v) is 11.5. The predicted octanol–water partition coefficient (Wildman–Crippen LogP) is 1.53. The first-order valence-electron chi connectivity index (χ1n) is 5.97. The lowest BCUT2D eigenvalue weighted by Crippen LogP contribution is -2.55. The Morgan fingerprint density at radius 1 is 1.40 bits per heavy atom. The van der Waals surface area contributed by atoms with Crippen LogP contribution in [0.2, 0.25) is 5.02 Å². The third kappa shape index (κ3) is 3.34. The highest BCUT2D eigenvalue weighted by atomic mass is 35.5. The maximum absolute atomic E-state index is 11.6. The Kier molecular flexibility index (Phi) is 4.36. The number of rotatable bonds is 4. The van der Waals surface area contributed by atoms with Gasteiger partial charge in [-0.3, -0.25) is 19.7 Å². The number of hydrogen-bond donors (Lipinski definition) is 1. The summed E-state index contributed by atoms with van der Waals surface area (Å²) in [6.45, 7) is 1.37. The number of imide groups is 1. The average Bonchev–Trinajstić information content (AvgIpc) is 2.39. The number of nitrogens with zero attached hydrogens (tertiary/aromatic N) is 1. The first-order chi connectivity index (χ1) is 9.47. The smallest absolute Gasteiger partial charge is 0.299 e. The lowest BCUT2D eigenvalue weighted by atomic mass is 10.0. The number of hydrogen-bond acceptors (Lipinski definition) is 4. The molecule has 106 valence electrons. The van der Waals surface area contributed by atoms with Gasteiger partial charge in [-0.05, 0) is 24.6 Å². The summed E-state index contributed by atoms with van der Waals surface area (Å²) < 4.78 is 0. The van der Waals surface area contributed by atoms with E-state index in [1.54, 1.807) is 24.3 Å². The van der Waals surface area contributed by atoms with Crippen molar-refractivity contribution >= 4 is 29.3 Å². The van der Waals surface area contributed by atoms with Gasteiger partial charge in [0.05, 0.1) is 6.54 Å². The van der Waals surface area contributed by atoms with E-state index in [0.717, 1.165) is 10.6 Å². The highest BCUT2D eigenvalue weighted by molar-refractivity contribution is 6.30. The number of urea groups is 1. The van der Waals surface area contributed by atoms with Crippen molar-refractivity contribution < 1.29 is 19.2 Å². The molecule has 0 bridgehead atoms. The summed E-state index contributed by atoms with van der Waals surface area (Å²) in [4.78, 5) is 39.7. The van der Waals surface area contributed by atoms with E-state index in [-0.39, 0.29) is 18.9 Å². The van der Waals surface area contributed by atoms with Gasteiger partial charge in [0.15, 0.2) is 0 Å². The highest BCUT2D eigenvalue weighted by Gasteiger charge is 2.35. The zero-order valence-electron chi connectivity index (χ0n) is 10.8. The molecule has 3 amide bonds. The van der Waals surface area contributed by atoms with Crippen LogP contribution in [0.5, 0.6) is 0 Å². The number of ketones is 1. The number of benzene rings is 1. The van der Waals surface area contributed by atoms with E-state index in [9.17, 15) is 14.4 Å². The summed E-state index contributed by atoms with van der Waals surface area (Å²) in [5, 5.41) is 3.68. The molecule has 6 nitrogen and oxygen atoms in total. The van der Waals surface area contributed by atoms with Crippen molar-refractivity contribution in [3.05, 3.63) is 34.9 Å². The van der Waals surface area contributed by atoms with Crippen molar-refractivity contribution in [2.45, 2.75) is 13.5 Å². The number of nitrogens with one attached hydrogen (secondary N) is 1. The van der Waals surface area contributed by atoms with E-state index in [1.807, 2.05) is 0 Å². The lowest BCUT2D eigenvalue weighted by Gasteiger charge is -2.29. The van der Waals surface area contributed by atoms with Gasteiger partial charge in [-0.25, -0.2) is 9.86 Å². The fourth-order valence-electron chi connectivity index (χ4n) is 1.74. The lowest BCUT2D eigenvalue weighted by molar-refractivity contribution is -0.160. The Morgan fingerprint density at radius 3 is 2.65 bits per heavy atom. The summed E-state index contributed by atoms with van der Waals surface area (Å²) in [6, 6.07) is 6.27. The van der Waals surface area contributed by atoms with Gasteiger partial charge in [0.2, 0.25) is 5.91 Å². The van der Waals surface area contributed by atoms with Gasteiger partial charge in [0.25, 0.3) is 0 Å². The summed E-state index contributed by atoms with van der Waals surface area (Å²) in [6.07, 6.45) is 0. The Morgan fingerprint density at radius 2 is 2.05 bits per heavy atom. The predicted molar refractivity (Wildman–Crippen MR) is 70.7 cm³/mol. The van der Waals surface area contributed by atoms with Crippen molar-refractivity contribution in [3.63, 3.8) is 0 Å². The molecule has 7 heteroatoms. The molecule has 1 aromatic rings. The molecular weight excluding hydrogens is 284 g/mol. The second kappa shape index (κ2) is 6.02. The number of amides is 3. The summed E-state index contributed by atoms with van der Waals surface area (Å²) in [5.41, 5.74) is 0.818. The van der Waals surface area contributed by atoms with E-state index < -0.39 is 17.9 Å². The fraction of sp³-hybridized carbons (Fsp3) is 0.308. The van der Waals surface area contributed by atoms with E-state index in [1.165, 1.54) is 6.92 Å². The molecule has 0 spiro atoms. The summed E-state index contributed by atoms with van der Waals surface area (Å²) in [7, 11) is 0. The van der Waals surface area contributed by atoms with Crippen LogP contribution >= 0.6 is 11.6 Å². The largest absolute Gasteiger partial charge is 0.348 e. The third-order valence-electron chi connectivity index (χ3n) is 2.91. The normalized spacial score (nSPS) is 18.9. The van der Waals surface area contributed by atoms with Gasteiger partial charge in [0.1, 0.15) is 18.3 Å². The van der Waals surface area contributed by atoms with Crippen LogP contribution in [0.25, 0.3) is 0 Å².